The number of anilines is 2. The van der Waals surface area contributed by atoms with Crippen LogP contribution in [0.25, 0.3) is 0 Å². The van der Waals surface area contributed by atoms with Crippen LogP contribution in [-0.2, 0) is 6.54 Å². The molecule has 2 heterocycles. The van der Waals surface area contributed by atoms with Gasteiger partial charge in [0.15, 0.2) is 0 Å². The van der Waals surface area contributed by atoms with Crippen LogP contribution in [0.5, 0.6) is 5.88 Å². The van der Waals surface area contributed by atoms with Gasteiger partial charge in [0, 0.05) is 31.7 Å². The number of nitrogens with one attached hydrogen (secondary N) is 1. The summed E-state index contributed by atoms with van der Waals surface area (Å²) in [6.07, 6.45) is 3.91. The highest BCUT2D eigenvalue weighted by Crippen LogP contribution is 2.38. The van der Waals surface area contributed by atoms with Crippen LogP contribution in [-0.4, -0.2) is 28.5 Å². The Morgan fingerprint density at radius 1 is 1.17 bits per heavy atom. The van der Waals surface area contributed by atoms with E-state index in [2.05, 4.69) is 85.6 Å². The average molecular weight is 491 g/mol. The van der Waals surface area contributed by atoms with Crippen molar-refractivity contribution < 1.29 is 4.74 Å². The molecule has 4 rings (SSSR count). The fourth-order valence-electron chi connectivity index (χ4n) is 4.81. The summed E-state index contributed by atoms with van der Waals surface area (Å²) >= 11 is 1.75. The minimum absolute atomic E-state index is 0.131. The molecular formula is C29H38N4OS. The molecule has 0 aliphatic carbocycles. The number of benzene rings is 2. The Bertz CT molecular complexity index is 1170. The molecule has 5 nitrogen and oxygen atoms in total. The molecule has 2 atom stereocenters. The average Bonchev–Trinajstić information content (AvgIpc) is 3.04. The van der Waals surface area contributed by atoms with Gasteiger partial charge in [-0.2, -0.15) is 0 Å². The van der Waals surface area contributed by atoms with Gasteiger partial charge in [0.1, 0.15) is 6.10 Å². The van der Waals surface area contributed by atoms with Crippen LogP contribution < -0.4 is 15.8 Å². The second kappa shape index (κ2) is 11.4. The van der Waals surface area contributed by atoms with Gasteiger partial charge in [0.05, 0.1) is 16.3 Å². The molecule has 0 saturated carbocycles. The molecule has 0 bridgehead atoms. The summed E-state index contributed by atoms with van der Waals surface area (Å²) in [5.41, 5.74) is 14.9. The topological polar surface area (TPSA) is 63.4 Å². The highest BCUT2D eigenvalue weighted by atomic mass is 32.2. The van der Waals surface area contributed by atoms with E-state index >= 15 is 0 Å². The number of pyridine rings is 1. The molecule has 1 aliphatic rings. The number of hydrogen-bond acceptors (Lipinski definition) is 6. The van der Waals surface area contributed by atoms with E-state index < -0.39 is 0 Å². The number of fused-ring (bicyclic) bond motifs is 1. The molecule has 0 spiro atoms. The second-order valence-electron chi connectivity index (χ2n) is 9.29. The minimum Gasteiger partial charge on any atom is -0.472 e. The number of nitrogen functional groups attached to an aromatic ring is 1. The Hall–Kier alpha value is -2.70. The van der Waals surface area contributed by atoms with Crippen molar-refractivity contribution in [3.05, 3.63) is 76.5 Å². The lowest BCUT2D eigenvalue weighted by Gasteiger charge is -2.25. The zero-order valence-corrected chi connectivity index (χ0v) is 22.4. The first kappa shape index (κ1) is 25.4. The number of ether oxygens (including phenoxy) is 1. The second-order valence-corrected chi connectivity index (χ2v) is 10.4. The van der Waals surface area contributed by atoms with Gasteiger partial charge in [-0.05, 0) is 91.6 Å². The zero-order valence-electron chi connectivity index (χ0n) is 21.6. The van der Waals surface area contributed by atoms with Gasteiger partial charge in [-0.3, -0.25) is 0 Å². The monoisotopic (exact) mass is 490 g/mol. The van der Waals surface area contributed by atoms with Crippen molar-refractivity contribution in [2.45, 2.75) is 70.9 Å². The molecule has 0 fully saturated rings. The number of aryl methyl sites for hydroxylation is 1. The lowest BCUT2D eigenvalue weighted by molar-refractivity contribution is 0.164. The molecule has 186 valence electrons. The fourth-order valence-corrected chi connectivity index (χ4v) is 5.85. The van der Waals surface area contributed by atoms with E-state index in [1.165, 1.54) is 27.8 Å². The van der Waals surface area contributed by atoms with Crippen molar-refractivity contribution >= 4 is 23.3 Å². The number of hydrogen-bond donors (Lipinski definition) is 2. The standard InChI is InChI=1S/C29H38N4OS/c1-6-23-18-33(35-27-10-9-15-32-29(27)34-23)17-22-16-21(12-11-19(22)4)24(7-2)25-13-14-26(31-8-3)28(30)20(25)5/h9-16,23-24,31H,6-8,17-18,30H2,1-5H3/t23-,24?/m1/s1. The van der Waals surface area contributed by atoms with Gasteiger partial charge in [-0.25, -0.2) is 9.29 Å². The normalized spacial score (nSPS) is 16.8. The summed E-state index contributed by atoms with van der Waals surface area (Å²) in [5.74, 6) is 1.05. The summed E-state index contributed by atoms with van der Waals surface area (Å²) in [6, 6.07) is 15.4. The van der Waals surface area contributed by atoms with E-state index in [0.717, 1.165) is 54.6 Å². The van der Waals surface area contributed by atoms with Gasteiger partial charge in [0.25, 0.3) is 0 Å². The number of aromatic nitrogens is 1. The van der Waals surface area contributed by atoms with Crippen molar-refractivity contribution in [3.63, 3.8) is 0 Å². The maximum absolute atomic E-state index is 6.51. The molecular weight excluding hydrogens is 452 g/mol. The predicted octanol–water partition coefficient (Wildman–Crippen LogP) is 6.93. The number of nitrogens with two attached hydrogens (primary N) is 1. The van der Waals surface area contributed by atoms with Crippen molar-refractivity contribution in [2.24, 2.45) is 0 Å². The first-order valence-corrected chi connectivity index (χ1v) is 13.5. The first-order chi connectivity index (χ1) is 16.9. The lowest BCUT2D eigenvalue weighted by atomic mass is 9.84. The van der Waals surface area contributed by atoms with Crippen LogP contribution in [0, 0.1) is 13.8 Å². The Kier molecular flexibility index (Phi) is 8.24. The minimum atomic E-state index is 0.131. The van der Waals surface area contributed by atoms with Crippen LogP contribution in [0.4, 0.5) is 11.4 Å². The van der Waals surface area contributed by atoms with Gasteiger partial charge in [0.2, 0.25) is 5.88 Å². The van der Waals surface area contributed by atoms with E-state index in [1.54, 1.807) is 18.1 Å². The van der Waals surface area contributed by atoms with Gasteiger partial charge in [-0.1, -0.05) is 38.1 Å². The quantitative estimate of drug-likeness (QED) is 0.264. The molecule has 0 saturated heterocycles. The molecule has 3 N–H and O–H groups in total. The predicted molar refractivity (Wildman–Crippen MR) is 148 cm³/mol. The molecule has 6 heteroatoms. The van der Waals surface area contributed by atoms with Crippen molar-refractivity contribution in [1.29, 1.82) is 0 Å². The largest absolute Gasteiger partial charge is 0.472 e. The summed E-state index contributed by atoms with van der Waals surface area (Å²) in [7, 11) is 0. The third-order valence-electron chi connectivity index (χ3n) is 6.93. The molecule has 0 amide bonds. The summed E-state index contributed by atoms with van der Waals surface area (Å²) in [5, 5.41) is 3.38. The maximum atomic E-state index is 6.51. The molecule has 1 aromatic heterocycles. The molecule has 35 heavy (non-hydrogen) atoms. The number of nitrogens with zero attached hydrogens (tertiary/aromatic N) is 2. The Morgan fingerprint density at radius 3 is 2.74 bits per heavy atom. The summed E-state index contributed by atoms with van der Waals surface area (Å²) in [6.45, 7) is 13.5. The lowest BCUT2D eigenvalue weighted by Crippen LogP contribution is -2.29. The molecule has 0 radical (unpaired) electrons. The number of rotatable bonds is 8. The SMILES string of the molecule is CCNc1ccc(C(CC)c2ccc(C)c(CN3C[C@@H](CC)Oc4ncccc4S3)c2)c(C)c1N. The van der Waals surface area contributed by atoms with E-state index in [4.69, 9.17) is 10.5 Å². The van der Waals surface area contributed by atoms with Crippen LogP contribution >= 0.6 is 11.9 Å². The van der Waals surface area contributed by atoms with Gasteiger partial charge < -0.3 is 15.8 Å². The van der Waals surface area contributed by atoms with E-state index in [9.17, 15) is 0 Å². The van der Waals surface area contributed by atoms with Crippen molar-refractivity contribution in [3.8, 4) is 5.88 Å². The summed E-state index contributed by atoms with van der Waals surface area (Å²) in [4.78, 5) is 5.55. The maximum Gasteiger partial charge on any atom is 0.228 e. The first-order valence-electron chi connectivity index (χ1n) is 12.7. The highest BCUT2D eigenvalue weighted by Gasteiger charge is 2.25. The summed E-state index contributed by atoms with van der Waals surface area (Å²) < 4.78 is 8.62. The molecule has 3 aromatic rings. The van der Waals surface area contributed by atoms with Crippen LogP contribution in [0.1, 0.15) is 67.3 Å². The molecule has 1 aliphatic heterocycles. The van der Waals surface area contributed by atoms with Crippen LogP contribution in [0.2, 0.25) is 0 Å². The van der Waals surface area contributed by atoms with Gasteiger partial charge >= 0.3 is 0 Å². The van der Waals surface area contributed by atoms with E-state index in [-0.39, 0.29) is 6.10 Å². The Balaban J connectivity index is 1.63. The highest BCUT2D eigenvalue weighted by molar-refractivity contribution is 7.97. The molecule has 2 aromatic carbocycles. The van der Waals surface area contributed by atoms with Gasteiger partial charge in [-0.15, -0.1) is 0 Å². The Morgan fingerprint density at radius 2 is 2.00 bits per heavy atom. The van der Waals surface area contributed by atoms with Crippen LogP contribution in [0.3, 0.4) is 0 Å². The zero-order chi connectivity index (χ0) is 24.9. The van der Waals surface area contributed by atoms with E-state index in [1.807, 2.05) is 6.07 Å². The smallest absolute Gasteiger partial charge is 0.228 e. The molecule has 1 unspecified atom stereocenters. The van der Waals surface area contributed by atoms with Crippen molar-refractivity contribution in [1.82, 2.24) is 9.29 Å². The third kappa shape index (κ3) is 5.60. The third-order valence-corrected chi connectivity index (χ3v) is 7.98. The van der Waals surface area contributed by atoms with E-state index in [0.29, 0.717) is 5.92 Å². The fraction of sp³-hybridized carbons (Fsp3) is 0.414. The van der Waals surface area contributed by atoms with Crippen molar-refractivity contribution in [2.75, 3.05) is 24.1 Å². The van der Waals surface area contributed by atoms with Crippen LogP contribution in [0.15, 0.2) is 53.6 Å². The Labute approximate surface area is 214 Å².